The van der Waals surface area contributed by atoms with Gasteiger partial charge in [-0.25, -0.2) is 0 Å². The third kappa shape index (κ3) is 4.45. The number of carbonyl (C=O) groups excluding carboxylic acids is 1. The number of allylic oxidation sites excluding steroid dienone is 1. The van der Waals surface area contributed by atoms with Gasteiger partial charge in [-0.15, -0.1) is 11.3 Å². The van der Waals surface area contributed by atoms with Crippen LogP contribution in [0.4, 0.5) is 0 Å². The van der Waals surface area contributed by atoms with Crippen LogP contribution >= 0.6 is 27.3 Å². The van der Waals surface area contributed by atoms with E-state index in [0.717, 1.165) is 33.5 Å². The van der Waals surface area contributed by atoms with Crippen LogP contribution in [0.15, 0.2) is 34.8 Å². The molecule has 0 amide bonds. The van der Waals surface area contributed by atoms with Crippen molar-refractivity contribution in [3.05, 3.63) is 50.1 Å². The first-order chi connectivity index (χ1) is 11.1. The summed E-state index contributed by atoms with van der Waals surface area (Å²) < 4.78 is 11.5. The summed E-state index contributed by atoms with van der Waals surface area (Å²) in [5, 5.41) is 0. The highest BCUT2D eigenvalue weighted by atomic mass is 79.9. The molecule has 0 aliphatic carbocycles. The van der Waals surface area contributed by atoms with Gasteiger partial charge < -0.3 is 9.47 Å². The van der Waals surface area contributed by atoms with Crippen LogP contribution in [-0.2, 0) is 6.42 Å². The van der Waals surface area contributed by atoms with Crippen molar-refractivity contribution in [1.29, 1.82) is 0 Å². The number of halogens is 1. The van der Waals surface area contributed by atoms with Crippen LogP contribution in [0, 0.1) is 0 Å². The van der Waals surface area contributed by atoms with E-state index in [9.17, 15) is 4.79 Å². The normalized spacial score (nSPS) is 11.0. The first-order valence-corrected chi connectivity index (χ1v) is 8.92. The summed E-state index contributed by atoms with van der Waals surface area (Å²) in [5.41, 5.74) is 0.810. The standard InChI is InChI=1S/C18H19BrO3S/c1-4-5-17-14(19)11-18(23-17)15(20)8-6-12-10-13(21-2)7-9-16(12)22-3/h6-11H,4-5H2,1-3H3/b8-6+. The Morgan fingerprint density at radius 1 is 1.26 bits per heavy atom. The zero-order valence-electron chi connectivity index (χ0n) is 13.4. The van der Waals surface area contributed by atoms with Gasteiger partial charge in [0.25, 0.3) is 0 Å². The molecular formula is C18H19BrO3S. The van der Waals surface area contributed by atoms with Gasteiger partial charge in [0.15, 0.2) is 5.78 Å². The van der Waals surface area contributed by atoms with Crippen molar-refractivity contribution in [2.45, 2.75) is 19.8 Å². The molecule has 0 saturated carbocycles. The second kappa shape index (κ2) is 8.31. The fourth-order valence-electron chi connectivity index (χ4n) is 2.14. The molecule has 0 unspecified atom stereocenters. The fourth-order valence-corrected chi connectivity index (χ4v) is 4.04. The Kier molecular flexibility index (Phi) is 6.42. The van der Waals surface area contributed by atoms with Crippen LogP contribution in [-0.4, -0.2) is 20.0 Å². The minimum atomic E-state index is -0.0112. The Morgan fingerprint density at radius 3 is 2.70 bits per heavy atom. The van der Waals surface area contributed by atoms with E-state index in [1.165, 1.54) is 4.88 Å². The minimum absolute atomic E-state index is 0.0112. The van der Waals surface area contributed by atoms with Gasteiger partial charge in [-0.05, 0) is 58.8 Å². The summed E-state index contributed by atoms with van der Waals surface area (Å²) in [4.78, 5) is 14.3. The van der Waals surface area contributed by atoms with Crippen LogP contribution in [0.1, 0.15) is 33.5 Å². The molecule has 1 aromatic heterocycles. The molecule has 2 aromatic rings. The molecule has 0 bridgehead atoms. The molecule has 0 saturated heterocycles. The molecule has 1 heterocycles. The quantitative estimate of drug-likeness (QED) is 0.467. The number of methoxy groups -OCH3 is 2. The fraction of sp³-hybridized carbons (Fsp3) is 0.278. The van der Waals surface area contributed by atoms with E-state index in [0.29, 0.717) is 5.75 Å². The summed E-state index contributed by atoms with van der Waals surface area (Å²) in [5.74, 6) is 1.42. The topological polar surface area (TPSA) is 35.5 Å². The van der Waals surface area contributed by atoms with Gasteiger partial charge in [0.2, 0.25) is 0 Å². The average Bonchev–Trinajstić information content (AvgIpc) is 2.93. The van der Waals surface area contributed by atoms with Crippen molar-refractivity contribution in [3.63, 3.8) is 0 Å². The monoisotopic (exact) mass is 394 g/mol. The van der Waals surface area contributed by atoms with Crippen molar-refractivity contribution < 1.29 is 14.3 Å². The van der Waals surface area contributed by atoms with E-state index in [1.807, 2.05) is 24.3 Å². The second-order valence-electron chi connectivity index (χ2n) is 4.94. The number of rotatable bonds is 7. The molecule has 3 nitrogen and oxygen atoms in total. The summed E-state index contributed by atoms with van der Waals surface area (Å²) in [6, 6.07) is 7.38. The third-order valence-electron chi connectivity index (χ3n) is 3.33. The highest BCUT2D eigenvalue weighted by Gasteiger charge is 2.11. The first-order valence-electron chi connectivity index (χ1n) is 7.31. The van der Waals surface area contributed by atoms with Crippen molar-refractivity contribution in [2.24, 2.45) is 0 Å². The van der Waals surface area contributed by atoms with E-state index in [1.54, 1.807) is 37.7 Å². The van der Waals surface area contributed by atoms with Gasteiger partial charge >= 0.3 is 0 Å². The highest BCUT2D eigenvalue weighted by Crippen LogP contribution is 2.30. The number of ketones is 1. The molecule has 0 spiro atoms. The van der Waals surface area contributed by atoms with Gasteiger partial charge in [-0.3, -0.25) is 4.79 Å². The number of thiophene rings is 1. The molecule has 1 aromatic carbocycles. The largest absolute Gasteiger partial charge is 0.497 e. The van der Waals surface area contributed by atoms with E-state index >= 15 is 0 Å². The number of aryl methyl sites for hydroxylation is 1. The third-order valence-corrected chi connectivity index (χ3v) is 5.51. The van der Waals surface area contributed by atoms with Gasteiger partial charge in [-0.1, -0.05) is 13.3 Å². The lowest BCUT2D eigenvalue weighted by Crippen LogP contribution is -1.92. The summed E-state index contributed by atoms with van der Waals surface area (Å²) in [7, 11) is 3.22. The Hall–Kier alpha value is -1.59. The Bertz CT molecular complexity index is 719. The van der Waals surface area contributed by atoms with Crippen molar-refractivity contribution >= 4 is 39.1 Å². The molecule has 2 rings (SSSR count). The van der Waals surface area contributed by atoms with Crippen LogP contribution in [0.2, 0.25) is 0 Å². The van der Waals surface area contributed by atoms with E-state index in [-0.39, 0.29) is 5.78 Å². The van der Waals surface area contributed by atoms with Gasteiger partial charge in [0.1, 0.15) is 11.5 Å². The lowest BCUT2D eigenvalue weighted by Gasteiger charge is -2.06. The number of carbonyl (C=O) groups is 1. The van der Waals surface area contributed by atoms with Crippen molar-refractivity contribution in [1.82, 2.24) is 0 Å². The molecule has 0 aliphatic rings. The lowest BCUT2D eigenvalue weighted by atomic mass is 10.1. The summed E-state index contributed by atoms with van der Waals surface area (Å²) >= 11 is 5.06. The molecule has 0 radical (unpaired) electrons. The Morgan fingerprint density at radius 2 is 2.04 bits per heavy atom. The van der Waals surface area contributed by atoms with Gasteiger partial charge in [0.05, 0.1) is 19.1 Å². The maximum Gasteiger partial charge on any atom is 0.195 e. The molecular weight excluding hydrogens is 376 g/mol. The van der Waals surface area contributed by atoms with Crippen molar-refractivity contribution in [2.75, 3.05) is 14.2 Å². The van der Waals surface area contributed by atoms with E-state index < -0.39 is 0 Å². The molecule has 0 atom stereocenters. The summed E-state index contributed by atoms with van der Waals surface area (Å²) in [6.07, 6.45) is 5.37. The smallest absolute Gasteiger partial charge is 0.195 e. The van der Waals surface area contributed by atoms with E-state index in [4.69, 9.17) is 9.47 Å². The predicted octanol–water partition coefficient (Wildman–Crippen LogP) is 5.38. The van der Waals surface area contributed by atoms with Gasteiger partial charge in [0, 0.05) is 14.9 Å². The molecule has 23 heavy (non-hydrogen) atoms. The first kappa shape index (κ1) is 17.8. The highest BCUT2D eigenvalue weighted by molar-refractivity contribution is 9.10. The molecule has 0 aliphatic heterocycles. The average molecular weight is 395 g/mol. The van der Waals surface area contributed by atoms with Crippen LogP contribution in [0.5, 0.6) is 11.5 Å². The number of ether oxygens (including phenoxy) is 2. The zero-order chi connectivity index (χ0) is 16.8. The van der Waals surface area contributed by atoms with Crippen LogP contribution in [0.3, 0.4) is 0 Å². The van der Waals surface area contributed by atoms with Crippen LogP contribution < -0.4 is 9.47 Å². The number of hydrogen-bond donors (Lipinski definition) is 0. The number of benzene rings is 1. The van der Waals surface area contributed by atoms with Crippen LogP contribution in [0.25, 0.3) is 6.08 Å². The predicted molar refractivity (Wildman–Crippen MR) is 98.9 cm³/mol. The zero-order valence-corrected chi connectivity index (χ0v) is 15.8. The summed E-state index contributed by atoms with van der Waals surface area (Å²) in [6.45, 7) is 2.13. The maximum atomic E-state index is 12.4. The molecule has 0 fully saturated rings. The SMILES string of the molecule is CCCc1sc(C(=O)/C=C/c2cc(OC)ccc2OC)cc1Br. The van der Waals surface area contributed by atoms with Gasteiger partial charge in [-0.2, -0.15) is 0 Å². The molecule has 5 heteroatoms. The Labute approximate surface area is 149 Å². The Balaban J connectivity index is 2.22. The second-order valence-corrected chi connectivity index (χ2v) is 6.93. The minimum Gasteiger partial charge on any atom is -0.497 e. The lowest BCUT2D eigenvalue weighted by molar-refractivity contribution is 0.105. The van der Waals surface area contributed by atoms with E-state index in [2.05, 4.69) is 22.9 Å². The maximum absolute atomic E-state index is 12.4. The number of hydrogen-bond acceptors (Lipinski definition) is 4. The molecule has 0 N–H and O–H groups in total. The molecule has 122 valence electrons. The van der Waals surface area contributed by atoms with Crippen molar-refractivity contribution in [3.8, 4) is 11.5 Å².